The van der Waals surface area contributed by atoms with Crippen molar-refractivity contribution in [2.45, 2.75) is 25.6 Å². The van der Waals surface area contributed by atoms with Gasteiger partial charge < -0.3 is 9.47 Å². The zero-order valence-corrected chi connectivity index (χ0v) is 20.7. The van der Waals surface area contributed by atoms with Crippen molar-refractivity contribution >= 4 is 35.0 Å². The molecule has 0 bridgehead atoms. The van der Waals surface area contributed by atoms with Crippen molar-refractivity contribution in [2.24, 2.45) is 11.8 Å². The van der Waals surface area contributed by atoms with Crippen LogP contribution in [-0.4, -0.2) is 41.6 Å². The first-order chi connectivity index (χ1) is 18.3. The van der Waals surface area contributed by atoms with E-state index in [0.29, 0.717) is 16.8 Å². The van der Waals surface area contributed by atoms with Gasteiger partial charge in [0.05, 0.1) is 35.8 Å². The lowest BCUT2D eigenvalue weighted by atomic mass is 9.77. The lowest BCUT2D eigenvalue weighted by Gasteiger charge is -2.27. The molecular weight excluding hydrogens is 486 g/mol. The molecule has 190 valence electrons. The SMILES string of the molecule is CCOC(=O)c1ccc([C@@H]2OC3(C(=O)c4ccccc4C3=O)[C@@H]3C(=O)N(c4cccc(C)c4)C(=O)[C@@H]32)cc1. The number of Topliss-reactive ketones (excluding diaryl/α,β-unsaturated/α-hetero) is 2. The van der Waals surface area contributed by atoms with E-state index in [0.717, 1.165) is 10.5 Å². The van der Waals surface area contributed by atoms with Crippen molar-refractivity contribution in [2.75, 3.05) is 11.5 Å². The highest BCUT2D eigenvalue weighted by Crippen LogP contribution is 2.57. The quantitative estimate of drug-likeness (QED) is 0.299. The second-order valence-corrected chi connectivity index (χ2v) is 9.67. The Bertz CT molecular complexity index is 1510. The number of amides is 2. The van der Waals surface area contributed by atoms with E-state index in [1.807, 2.05) is 13.0 Å². The van der Waals surface area contributed by atoms with Crippen LogP contribution in [0.3, 0.4) is 0 Å². The molecule has 2 aliphatic heterocycles. The number of benzene rings is 3. The third-order valence-electron chi connectivity index (χ3n) is 7.53. The minimum absolute atomic E-state index is 0.170. The third kappa shape index (κ3) is 3.16. The summed E-state index contributed by atoms with van der Waals surface area (Å²) in [6.07, 6.45) is -1.07. The van der Waals surface area contributed by atoms with Crippen LogP contribution in [0.15, 0.2) is 72.8 Å². The molecule has 3 aromatic rings. The molecule has 8 heteroatoms. The van der Waals surface area contributed by atoms with Crippen LogP contribution in [0.2, 0.25) is 0 Å². The van der Waals surface area contributed by atoms with Gasteiger partial charge in [0.1, 0.15) is 0 Å². The van der Waals surface area contributed by atoms with Gasteiger partial charge >= 0.3 is 5.97 Å². The van der Waals surface area contributed by atoms with E-state index in [4.69, 9.17) is 9.47 Å². The maximum Gasteiger partial charge on any atom is 0.338 e. The highest BCUT2D eigenvalue weighted by atomic mass is 16.5. The summed E-state index contributed by atoms with van der Waals surface area (Å²) in [5.74, 6) is -5.38. The zero-order valence-electron chi connectivity index (χ0n) is 20.7. The number of esters is 1. The summed E-state index contributed by atoms with van der Waals surface area (Å²) in [6.45, 7) is 3.76. The van der Waals surface area contributed by atoms with Crippen molar-refractivity contribution < 1.29 is 33.4 Å². The summed E-state index contributed by atoms with van der Waals surface area (Å²) in [6, 6.07) is 19.5. The van der Waals surface area contributed by atoms with E-state index in [-0.39, 0.29) is 17.7 Å². The molecule has 1 spiro atoms. The molecule has 0 N–H and O–H groups in total. The standard InChI is InChI=1S/C30H23NO7/c1-3-37-29(36)18-13-11-17(12-14-18)24-22-23(28(35)31(27(22)34)19-8-6-7-16(2)15-19)30(38-24)25(32)20-9-4-5-10-21(20)26(30)33/h4-15,22-24H,3H2,1-2H3/t22-,23-,24-/m0/s1. The first-order valence-electron chi connectivity index (χ1n) is 12.4. The molecule has 2 amide bonds. The molecule has 0 unspecified atom stereocenters. The number of hydrogen-bond donors (Lipinski definition) is 0. The van der Waals surface area contributed by atoms with Crippen molar-refractivity contribution in [1.82, 2.24) is 0 Å². The van der Waals surface area contributed by atoms with Crippen LogP contribution in [0.4, 0.5) is 5.69 Å². The monoisotopic (exact) mass is 509 g/mol. The number of carbonyl (C=O) groups excluding carboxylic acids is 5. The van der Waals surface area contributed by atoms with Crippen LogP contribution in [0.5, 0.6) is 0 Å². The van der Waals surface area contributed by atoms with E-state index < -0.39 is 52.9 Å². The predicted molar refractivity (Wildman–Crippen MR) is 135 cm³/mol. The third-order valence-corrected chi connectivity index (χ3v) is 7.53. The summed E-state index contributed by atoms with van der Waals surface area (Å²) in [5, 5.41) is 0. The highest BCUT2D eigenvalue weighted by Gasteiger charge is 2.74. The van der Waals surface area contributed by atoms with Gasteiger partial charge in [-0.05, 0) is 49.2 Å². The fourth-order valence-electron chi connectivity index (χ4n) is 5.86. The van der Waals surface area contributed by atoms with Gasteiger partial charge in [0.2, 0.25) is 29.0 Å². The van der Waals surface area contributed by atoms with Crippen molar-refractivity contribution in [3.05, 3.63) is 101 Å². The first-order valence-corrected chi connectivity index (χ1v) is 12.4. The van der Waals surface area contributed by atoms with Crippen molar-refractivity contribution in [1.29, 1.82) is 0 Å². The summed E-state index contributed by atoms with van der Waals surface area (Å²) >= 11 is 0. The second-order valence-electron chi connectivity index (χ2n) is 9.67. The molecule has 0 saturated carbocycles. The average molecular weight is 510 g/mol. The molecule has 3 atom stereocenters. The van der Waals surface area contributed by atoms with E-state index in [1.165, 1.54) is 24.3 Å². The molecule has 0 aromatic heterocycles. The number of hydrogen-bond acceptors (Lipinski definition) is 7. The number of carbonyl (C=O) groups is 5. The van der Waals surface area contributed by atoms with Crippen LogP contribution in [0.25, 0.3) is 0 Å². The number of imide groups is 1. The number of anilines is 1. The first kappa shape index (κ1) is 23.9. The van der Waals surface area contributed by atoms with E-state index >= 15 is 0 Å². The van der Waals surface area contributed by atoms with Gasteiger partial charge in [0.25, 0.3) is 0 Å². The zero-order chi connectivity index (χ0) is 26.8. The minimum Gasteiger partial charge on any atom is -0.462 e. The smallest absolute Gasteiger partial charge is 0.338 e. The Morgan fingerprint density at radius 3 is 2.16 bits per heavy atom. The summed E-state index contributed by atoms with van der Waals surface area (Å²) < 4.78 is 11.3. The lowest BCUT2D eigenvalue weighted by Crippen LogP contribution is -2.51. The van der Waals surface area contributed by atoms with Gasteiger partial charge in [0.15, 0.2) is 0 Å². The van der Waals surface area contributed by atoms with Crippen molar-refractivity contribution in [3.8, 4) is 0 Å². The van der Waals surface area contributed by atoms with E-state index in [9.17, 15) is 24.0 Å². The van der Waals surface area contributed by atoms with E-state index in [1.54, 1.807) is 49.4 Å². The summed E-state index contributed by atoms with van der Waals surface area (Å²) in [5.41, 5.74) is 0.176. The van der Waals surface area contributed by atoms with Gasteiger partial charge in [-0.3, -0.25) is 19.2 Å². The molecule has 1 aliphatic carbocycles. The van der Waals surface area contributed by atoms with Crippen LogP contribution in [-0.2, 0) is 19.1 Å². The molecule has 0 radical (unpaired) electrons. The van der Waals surface area contributed by atoms with Crippen LogP contribution < -0.4 is 4.90 Å². The number of nitrogens with zero attached hydrogens (tertiary/aromatic N) is 1. The topological polar surface area (TPSA) is 107 Å². The van der Waals surface area contributed by atoms with Gasteiger partial charge in [-0.25, -0.2) is 9.69 Å². The number of rotatable bonds is 4. The normalized spacial score (nSPS) is 23.2. The fraction of sp³-hybridized carbons (Fsp3) is 0.233. The molecule has 3 aliphatic rings. The molecule has 8 nitrogen and oxygen atoms in total. The maximum absolute atomic E-state index is 14.0. The summed E-state index contributed by atoms with van der Waals surface area (Å²) in [4.78, 5) is 68.7. The molecule has 2 saturated heterocycles. The fourth-order valence-corrected chi connectivity index (χ4v) is 5.86. The van der Waals surface area contributed by atoms with Gasteiger partial charge in [-0.15, -0.1) is 0 Å². The molecule has 2 fully saturated rings. The average Bonchev–Trinajstić information content (AvgIpc) is 3.49. The van der Waals surface area contributed by atoms with Gasteiger partial charge in [-0.2, -0.15) is 0 Å². The van der Waals surface area contributed by atoms with Crippen LogP contribution in [0.1, 0.15) is 55.2 Å². The second kappa shape index (κ2) is 8.56. The Kier molecular flexibility index (Phi) is 5.39. The summed E-state index contributed by atoms with van der Waals surface area (Å²) in [7, 11) is 0. The van der Waals surface area contributed by atoms with Crippen LogP contribution >= 0.6 is 0 Å². The van der Waals surface area contributed by atoms with Crippen LogP contribution in [0, 0.1) is 18.8 Å². The molecule has 3 aromatic carbocycles. The number of fused-ring (bicyclic) bond motifs is 3. The molecule has 38 heavy (non-hydrogen) atoms. The Labute approximate surface area is 218 Å². The van der Waals surface area contributed by atoms with Gasteiger partial charge in [-0.1, -0.05) is 48.5 Å². The Morgan fingerprint density at radius 1 is 0.895 bits per heavy atom. The Hall–Kier alpha value is -4.43. The molecular formula is C30H23NO7. The Morgan fingerprint density at radius 2 is 1.55 bits per heavy atom. The van der Waals surface area contributed by atoms with Gasteiger partial charge in [0, 0.05) is 11.1 Å². The highest BCUT2D eigenvalue weighted by molar-refractivity contribution is 6.37. The van der Waals surface area contributed by atoms with E-state index in [2.05, 4.69) is 0 Å². The Balaban J connectivity index is 1.49. The largest absolute Gasteiger partial charge is 0.462 e. The van der Waals surface area contributed by atoms with Crippen molar-refractivity contribution in [3.63, 3.8) is 0 Å². The molecule has 6 rings (SSSR count). The molecule has 2 heterocycles. The minimum atomic E-state index is -2.15. The number of ketones is 2. The number of aryl methyl sites for hydroxylation is 1. The lowest BCUT2D eigenvalue weighted by molar-refractivity contribution is -0.127. The number of ether oxygens (including phenoxy) is 2. The predicted octanol–water partition coefficient (Wildman–Crippen LogP) is 3.87. The maximum atomic E-state index is 14.0.